The lowest BCUT2D eigenvalue weighted by atomic mass is 10.2. The second-order valence-electron chi connectivity index (χ2n) is 11.6. The standard InChI is InChI=1S/C15H26N3.C14H24N3.HI/c1-4-11-18(2,3)15-9-10-17(12-15)14-7-5-13(16)6-8-14;1-4-17(2,3)14-9-10-16(11-14)13-7-5-12(15)6-8-13;/h5-8,15H,4,9-12,16H2,1-3H3;5-8,14H,4,9-11,15H2,1-3H3;1H/q2*+1;/p-1. The summed E-state index contributed by atoms with van der Waals surface area (Å²) in [5, 5.41) is 0. The Labute approximate surface area is 237 Å². The van der Waals surface area contributed by atoms with E-state index in [-0.39, 0.29) is 24.0 Å². The molecule has 2 aliphatic rings. The molecule has 0 amide bonds. The molecule has 2 heterocycles. The van der Waals surface area contributed by atoms with Crippen LogP contribution in [-0.2, 0) is 0 Å². The molecule has 7 heteroatoms. The van der Waals surface area contributed by atoms with Crippen LogP contribution in [0.1, 0.15) is 33.1 Å². The first-order chi connectivity index (χ1) is 16.6. The number of quaternary nitrogens is 2. The van der Waals surface area contributed by atoms with Gasteiger partial charge in [0.2, 0.25) is 0 Å². The highest BCUT2D eigenvalue weighted by Crippen LogP contribution is 2.27. The number of hydrogen-bond acceptors (Lipinski definition) is 4. The van der Waals surface area contributed by atoms with Crippen molar-refractivity contribution in [3.05, 3.63) is 48.5 Å². The van der Waals surface area contributed by atoms with Crippen LogP contribution in [0, 0.1) is 0 Å². The summed E-state index contributed by atoms with van der Waals surface area (Å²) in [7, 11) is 9.38. The summed E-state index contributed by atoms with van der Waals surface area (Å²) in [5.74, 6) is 0. The van der Waals surface area contributed by atoms with Crippen LogP contribution in [0.2, 0.25) is 0 Å². The van der Waals surface area contributed by atoms with E-state index >= 15 is 0 Å². The molecule has 0 saturated carbocycles. The van der Waals surface area contributed by atoms with Crippen molar-refractivity contribution in [3.63, 3.8) is 0 Å². The minimum atomic E-state index is 0. The van der Waals surface area contributed by atoms with Crippen molar-refractivity contribution < 1.29 is 32.9 Å². The minimum Gasteiger partial charge on any atom is -1.00 e. The summed E-state index contributed by atoms with van der Waals surface area (Å²) < 4.78 is 2.26. The van der Waals surface area contributed by atoms with E-state index < -0.39 is 0 Å². The monoisotopic (exact) mass is 609 g/mol. The fraction of sp³-hybridized carbons (Fsp3) is 0.586. The second kappa shape index (κ2) is 13.2. The first-order valence-corrected chi connectivity index (χ1v) is 13.4. The third kappa shape index (κ3) is 7.89. The molecule has 0 radical (unpaired) electrons. The van der Waals surface area contributed by atoms with E-state index in [9.17, 15) is 0 Å². The second-order valence-corrected chi connectivity index (χ2v) is 11.6. The van der Waals surface area contributed by atoms with Crippen LogP contribution >= 0.6 is 0 Å². The van der Waals surface area contributed by atoms with Crippen molar-refractivity contribution in [1.82, 2.24) is 0 Å². The summed E-state index contributed by atoms with van der Waals surface area (Å²) >= 11 is 0. The third-order valence-electron chi connectivity index (χ3n) is 8.44. The molecule has 0 bridgehead atoms. The summed E-state index contributed by atoms with van der Waals surface area (Å²) in [6.07, 6.45) is 3.83. The fourth-order valence-corrected chi connectivity index (χ4v) is 5.48. The van der Waals surface area contributed by atoms with Gasteiger partial charge in [-0.3, -0.25) is 0 Å². The van der Waals surface area contributed by atoms with Gasteiger partial charge in [0.1, 0.15) is 12.1 Å². The summed E-state index contributed by atoms with van der Waals surface area (Å²) in [5.41, 5.74) is 15.8. The Bertz CT molecular complexity index is 912. The molecule has 4 rings (SSSR count). The Morgan fingerprint density at radius 2 is 1.08 bits per heavy atom. The van der Waals surface area contributed by atoms with E-state index in [0.717, 1.165) is 52.1 Å². The quantitative estimate of drug-likeness (QED) is 0.282. The number of benzene rings is 2. The average Bonchev–Trinajstić information content (AvgIpc) is 3.52. The number of hydrogen-bond donors (Lipinski definition) is 2. The lowest BCUT2D eigenvalue weighted by Crippen LogP contribution is -3.00. The molecule has 2 saturated heterocycles. The Balaban J connectivity index is 0.000000247. The van der Waals surface area contributed by atoms with Crippen molar-refractivity contribution in [2.75, 3.05) is 88.7 Å². The van der Waals surface area contributed by atoms with E-state index in [1.165, 1.54) is 50.3 Å². The van der Waals surface area contributed by atoms with Crippen LogP contribution in [0.3, 0.4) is 0 Å². The highest BCUT2D eigenvalue weighted by atomic mass is 127. The molecule has 6 nitrogen and oxygen atoms in total. The van der Waals surface area contributed by atoms with Gasteiger partial charge >= 0.3 is 0 Å². The molecule has 2 unspecified atom stereocenters. The topological polar surface area (TPSA) is 58.5 Å². The van der Waals surface area contributed by atoms with E-state index in [4.69, 9.17) is 11.5 Å². The van der Waals surface area contributed by atoms with Crippen molar-refractivity contribution in [2.24, 2.45) is 0 Å². The van der Waals surface area contributed by atoms with E-state index in [1.54, 1.807) is 0 Å². The molecule has 2 aromatic carbocycles. The van der Waals surface area contributed by atoms with Crippen LogP contribution in [0.4, 0.5) is 22.7 Å². The minimum absolute atomic E-state index is 0. The zero-order valence-electron chi connectivity index (χ0n) is 23.5. The zero-order valence-corrected chi connectivity index (χ0v) is 25.6. The molecule has 2 fully saturated rings. The van der Waals surface area contributed by atoms with Crippen LogP contribution < -0.4 is 45.2 Å². The molecule has 2 atom stereocenters. The van der Waals surface area contributed by atoms with Crippen LogP contribution in [-0.4, -0.2) is 88.5 Å². The maximum absolute atomic E-state index is 5.74. The van der Waals surface area contributed by atoms with Crippen molar-refractivity contribution in [2.45, 2.75) is 45.2 Å². The number of nitrogens with two attached hydrogens (primary N) is 2. The predicted molar refractivity (Wildman–Crippen MR) is 153 cm³/mol. The van der Waals surface area contributed by atoms with Gasteiger partial charge in [0.25, 0.3) is 0 Å². The summed E-state index contributed by atoms with van der Waals surface area (Å²) in [4.78, 5) is 4.96. The maximum Gasteiger partial charge on any atom is 0.108 e. The highest BCUT2D eigenvalue weighted by molar-refractivity contribution is 5.54. The Morgan fingerprint density at radius 1 is 0.694 bits per heavy atom. The molecule has 0 aliphatic carbocycles. The summed E-state index contributed by atoms with van der Waals surface area (Å²) in [6.45, 7) is 11.6. The van der Waals surface area contributed by atoms with Crippen molar-refractivity contribution in [1.29, 1.82) is 0 Å². The van der Waals surface area contributed by atoms with Gasteiger partial charge in [-0.2, -0.15) is 0 Å². The van der Waals surface area contributed by atoms with E-state index in [0.29, 0.717) is 0 Å². The lowest BCUT2D eigenvalue weighted by molar-refractivity contribution is -0.912. The molecular weight excluding hydrogens is 559 g/mol. The average molecular weight is 610 g/mol. The number of anilines is 4. The van der Waals surface area contributed by atoms with Gasteiger partial charge in [0.15, 0.2) is 0 Å². The molecule has 0 aromatic heterocycles. The maximum atomic E-state index is 5.74. The molecular formula is C29H50IN6+. The third-order valence-corrected chi connectivity index (χ3v) is 8.44. The van der Waals surface area contributed by atoms with Gasteiger partial charge in [-0.1, -0.05) is 6.92 Å². The number of rotatable bonds is 7. The smallest absolute Gasteiger partial charge is 0.108 e. The van der Waals surface area contributed by atoms with E-state index in [1.807, 2.05) is 24.3 Å². The molecule has 2 aromatic rings. The van der Waals surface area contributed by atoms with Gasteiger partial charge in [0.05, 0.1) is 54.4 Å². The first kappa shape index (κ1) is 30.5. The molecule has 0 spiro atoms. The highest BCUT2D eigenvalue weighted by Gasteiger charge is 2.35. The summed E-state index contributed by atoms with van der Waals surface area (Å²) in [6, 6.07) is 18.0. The van der Waals surface area contributed by atoms with Crippen LogP contribution in [0.25, 0.3) is 0 Å². The Hall–Kier alpha value is -1.71. The number of nitrogen functional groups attached to an aromatic ring is 2. The largest absolute Gasteiger partial charge is 1.00 e. The predicted octanol–water partition coefficient (Wildman–Crippen LogP) is 1.28. The van der Waals surface area contributed by atoms with Gasteiger partial charge in [-0.05, 0) is 61.9 Å². The lowest BCUT2D eigenvalue weighted by Gasteiger charge is -2.36. The van der Waals surface area contributed by atoms with Gasteiger partial charge in [-0.15, -0.1) is 0 Å². The van der Waals surface area contributed by atoms with Crippen LogP contribution in [0.15, 0.2) is 48.5 Å². The SMILES string of the molecule is CCC[N+](C)(C)C1CCN(c2ccc(N)cc2)C1.CC[N+](C)(C)C1CCN(c2ccc(N)cc2)C1.[I-]. The number of likely N-dealkylation sites (N-methyl/N-ethyl adjacent to an activating group) is 2. The van der Waals surface area contributed by atoms with Crippen molar-refractivity contribution >= 4 is 22.7 Å². The van der Waals surface area contributed by atoms with Gasteiger partial charge in [-0.25, -0.2) is 0 Å². The van der Waals surface area contributed by atoms with E-state index in [2.05, 4.69) is 76.1 Å². The zero-order chi connectivity index (χ0) is 25.6. The van der Waals surface area contributed by atoms with Gasteiger partial charge in [0, 0.05) is 48.7 Å². The Kier molecular flexibility index (Phi) is 11.2. The number of nitrogens with zero attached hydrogens (tertiary/aromatic N) is 4. The van der Waals surface area contributed by atoms with Crippen molar-refractivity contribution in [3.8, 4) is 0 Å². The van der Waals surface area contributed by atoms with Crippen LogP contribution in [0.5, 0.6) is 0 Å². The molecule has 2 aliphatic heterocycles. The number of halogens is 1. The normalized spacial score (nSPS) is 20.1. The first-order valence-electron chi connectivity index (χ1n) is 13.4. The fourth-order valence-electron chi connectivity index (χ4n) is 5.48. The molecule has 4 N–H and O–H groups in total. The Morgan fingerprint density at radius 3 is 1.44 bits per heavy atom. The molecule has 202 valence electrons. The van der Waals surface area contributed by atoms with Gasteiger partial charge < -0.3 is 54.2 Å². The molecule has 36 heavy (non-hydrogen) atoms.